The Morgan fingerprint density at radius 3 is 1.50 bits per heavy atom. The van der Waals surface area contributed by atoms with Gasteiger partial charge in [0, 0.05) is 35.7 Å². The highest BCUT2D eigenvalue weighted by Gasteiger charge is 2.06. The Morgan fingerprint density at radius 2 is 1.17 bits per heavy atom. The van der Waals surface area contributed by atoms with Crippen molar-refractivity contribution in [1.29, 1.82) is 10.8 Å². The van der Waals surface area contributed by atoms with Crippen LogP contribution in [0.1, 0.15) is 11.1 Å². The van der Waals surface area contributed by atoms with E-state index in [0.29, 0.717) is 47.3 Å². The van der Waals surface area contributed by atoms with E-state index in [2.05, 4.69) is 0 Å². The maximum absolute atomic E-state index is 7.41. The zero-order valence-electron chi connectivity index (χ0n) is 13.7. The lowest BCUT2D eigenvalue weighted by Gasteiger charge is -2.13. The van der Waals surface area contributed by atoms with Crippen molar-refractivity contribution < 1.29 is 18.9 Å². The molecule has 0 fully saturated rings. The summed E-state index contributed by atoms with van der Waals surface area (Å²) in [5.74, 6) is 2.45. The lowest BCUT2D eigenvalue weighted by atomic mass is 10.2. The first-order chi connectivity index (χ1) is 11.7. The minimum absolute atomic E-state index is 0.294. The van der Waals surface area contributed by atoms with Crippen molar-refractivity contribution in [2.24, 2.45) is 0 Å². The molecule has 0 atom stereocenters. The molecule has 0 saturated heterocycles. The molecule has 0 amide bonds. The summed E-state index contributed by atoms with van der Waals surface area (Å²) in [5.41, 5.74) is 1.33. The fourth-order valence-corrected chi connectivity index (χ4v) is 2.08. The van der Waals surface area contributed by atoms with Gasteiger partial charge < -0.3 is 29.8 Å². The van der Waals surface area contributed by atoms with Crippen LogP contribution in [-0.2, 0) is 0 Å². The van der Waals surface area contributed by atoms with Crippen LogP contribution in [0, 0.1) is 10.8 Å². The molecule has 6 nitrogen and oxygen atoms in total. The molecule has 0 saturated carbocycles. The van der Waals surface area contributed by atoms with Gasteiger partial charge in [-0.05, 0) is 24.3 Å². The summed E-state index contributed by atoms with van der Waals surface area (Å²) in [6.45, 7) is 0.589. The molecule has 2 aromatic rings. The summed E-state index contributed by atoms with van der Waals surface area (Å²) in [5, 5.41) is 14.8. The highest BCUT2D eigenvalue weighted by atomic mass is 16.5. The third kappa shape index (κ3) is 4.25. The number of ether oxygens (including phenoxy) is 4. The molecule has 2 N–H and O–H groups in total. The van der Waals surface area contributed by atoms with Gasteiger partial charge in [-0.2, -0.15) is 0 Å². The Kier molecular flexibility index (Phi) is 6.19. The molecule has 0 radical (unpaired) electrons. The quantitative estimate of drug-likeness (QED) is 0.547. The second-order valence-electron chi connectivity index (χ2n) is 4.79. The number of methoxy groups -OCH3 is 2. The summed E-state index contributed by atoms with van der Waals surface area (Å²) < 4.78 is 21.7. The van der Waals surface area contributed by atoms with Crippen molar-refractivity contribution in [2.45, 2.75) is 0 Å². The molecule has 0 spiro atoms. The van der Waals surface area contributed by atoms with Gasteiger partial charge in [-0.15, -0.1) is 0 Å². The summed E-state index contributed by atoms with van der Waals surface area (Å²) in [7, 11) is 3.15. The van der Waals surface area contributed by atoms with Gasteiger partial charge in [-0.3, -0.25) is 0 Å². The van der Waals surface area contributed by atoms with Gasteiger partial charge in [-0.25, -0.2) is 0 Å². The minimum atomic E-state index is 0.294. The number of nitrogens with one attached hydrogen (secondary N) is 2. The van der Waals surface area contributed by atoms with Crippen LogP contribution < -0.4 is 18.9 Å². The van der Waals surface area contributed by atoms with Crippen LogP contribution >= 0.6 is 0 Å². The Hall–Kier alpha value is -3.02. The van der Waals surface area contributed by atoms with Gasteiger partial charge in [0.2, 0.25) is 0 Å². The van der Waals surface area contributed by atoms with Crippen LogP contribution in [0.25, 0.3) is 0 Å². The van der Waals surface area contributed by atoms with Crippen molar-refractivity contribution in [1.82, 2.24) is 0 Å². The largest absolute Gasteiger partial charge is 0.497 e. The molecule has 0 bridgehead atoms. The highest BCUT2D eigenvalue weighted by molar-refractivity contribution is 5.82. The molecule has 6 heteroatoms. The SMILES string of the molecule is COc1ccc(C=N)c(OCCOc2cc(OC)ccc2C=N)c1. The molecule has 2 rings (SSSR count). The predicted molar refractivity (Wildman–Crippen MR) is 92.7 cm³/mol. The molecule has 0 aliphatic heterocycles. The van der Waals surface area contributed by atoms with Crippen molar-refractivity contribution in [2.75, 3.05) is 27.4 Å². The van der Waals surface area contributed by atoms with Crippen LogP contribution in [0.5, 0.6) is 23.0 Å². The molecule has 0 aromatic heterocycles. The van der Waals surface area contributed by atoms with Crippen LogP contribution in [0.4, 0.5) is 0 Å². The number of hydrogen-bond acceptors (Lipinski definition) is 6. The fraction of sp³-hybridized carbons (Fsp3) is 0.222. The normalized spacial score (nSPS) is 9.92. The molecular weight excluding hydrogens is 308 g/mol. The highest BCUT2D eigenvalue weighted by Crippen LogP contribution is 2.25. The van der Waals surface area contributed by atoms with Gasteiger partial charge in [0.1, 0.15) is 36.2 Å². The maximum Gasteiger partial charge on any atom is 0.131 e. The van der Waals surface area contributed by atoms with E-state index in [1.165, 1.54) is 12.4 Å². The third-order valence-electron chi connectivity index (χ3n) is 3.35. The number of rotatable bonds is 9. The molecule has 0 heterocycles. The van der Waals surface area contributed by atoms with E-state index < -0.39 is 0 Å². The van der Waals surface area contributed by atoms with Crippen molar-refractivity contribution in [3.8, 4) is 23.0 Å². The average molecular weight is 328 g/mol. The topological polar surface area (TPSA) is 84.6 Å². The third-order valence-corrected chi connectivity index (χ3v) is 3.35. The van der Waals surface area contributed by atoms with E-state index in [1.54, 1.807) is 50.6 Å². The molecule has 2 aromatic carbocycles. The van der Waals surface area contributed by atoms with Crippen molar-refractivity contribution in [3.63, 3.8) is 0 Å². The molecule has 0 unspecified atom stereocenters. The monoisotopic (exact) mass is 328 g/mol. The van der Waals surface area contributed by atoms with E-state index in [9.17, 15) is 0 Å². The maximum atomic E-state index is 7.41. The predicted octanol–water partition coefficient (Wildman–Crippen LogP) is 3.16. The molecule has 126 valence electrons. The van der Waals surface area contributed by atoms with E-state index >= 15 is 0 Å². The zero-order valence-corrected chi connectivity index (χ0v) is 13.7. The Balaban J connectivity index is 1.98. The van der Waals surface area contributed by atoms with E-state index in [4.69, 9.17) is 29.8 Å². The van der Waals surface area contributed by atoms with Crippen molar-refractivity contribution in [3.05, 3.63) is 47.5 Å². The summed E-state index contributed by atoms with van der Waals surface area (Å²) >= 11 is 0. The van der Waals surface area contributed by atoms with Crippen molar-refractivity contribution >= 4 is 12.4 Å². The van der Waals surface area contributed by atoms with E-state index in [1.807, 2.05) is 0 Å². The lowest BCUT2D eigenvalue weighted by Crippen LogP contribution is -2.11. The minimum Gasteiger partial charge on any atom is -0.497 e. The fourth-order valence-electron chi connectivity index (χ4n) is 2.08. The first kappa shape index (κ1) is 17.3. The molecule has 24 heavy (non-hydrogen) atoms. The molecule has 0 aliphatic rings. The molecule has 0 aliphatic carbocycles. The van der Waals surface area contributed by atoms with Gasteiger partial charge in [0.25, 0.3) is 0 Å². The van der Waals surface area contributed by atoms with Gasteiger partial charge in [0.15, 0.2) is 0 Å². The second-order valence-corrected chi connectivity index (χ2v) is 4.79. The van der Waals surface area contributed by atoms with Crippen LogP contribution in [-0.4, -0.2) is 39.9 Å². The number of hydrogen-bond donors (Lipinski definition) is 2. The summed E-state index contributed by atoms with van der Waals surface area (Å²) in [6, 6.07) is 10.5. The van der Waals surface area contributed by atoms with Gasteiger partial charge in [0.05, 0.1) is 14.2 Å². The smallest absolute Gasteiger partial charge is 0.131 e. The first-order valence-electron chi connectivity index (χ1n) is 7.34. The van der Waals surface area contributed by atoms with Crippen LogP contribution in [0.3, 0.4) is 0 Å². The van der Waals surface area contributed by atoms with Gasteiger partial charge in [-0.1, -0.05) is 0 Å². The Morgan fingerprint density at radius 1 is 0.750 bits per heavy atom. The Bertz CT molecular complexity index is 655. The number of benzene rings is 2. The second kappa shape index (κ2) is 8.57. The Labute approximate surface area is 141 Å². The standard InChI is InChI=1S/C18H20N2O4/c1-21-15-5-3-13(11-19)17(9-15)23-7-8-24-18-10-16(22-2)6-4-14(18)12-20/h3-6,9-12,19-20H,7-8H2,1-2H3. The molecular formula is C18H20N2O4. The summed E-state index contributed by atoms with van der Waals surface area (Å²) in [6.07, 6.45) is 2.45. The van der Waals surface area contributed by atoms with Crippen LogP contribution in [0.15, 0.2) is 36.4 Å². The van der Waals surface area contributed by atoms with E-state index in [0.717, 1.165) is 0 Å². The van der Waals surface area contributed by atoms with E-state index in [-0.39, 0.29) is 0 Å². The van der Waals surface area contributed by atoms with Gasteiger partial charge >= 0.3 is 0 Å². The zero-order chi connectivity index (χ0) is 17.4. The average Bonchev–Trinajstić information content (AvgIpc) is 2.64. The lowest BCUT2D eigenvalue weighted by molar-refractivity contribution is 0.215. The summed E-state index contributed by atoms with van der Waals surface area (Å²) in [4.78, 5) is 0. The van der Waals surface area contributed by atoms with Crippen LogP contribution in [0.2, 0.25) is 0 Å². The first-order valence-corrected chi connectivity index (χ1v) is 7.34.